The SMILES string of the molecule is Cc1cnc(NC(=O)C2=C(O)c3ccccc3S(=O)(=O)N2C)s1.Cc1occc(=O)c1O. The minimum Gasteiger partial charge on any atom is -0.505 e. The molecule has 0 atom stereocenters. The van der Waals surface area contributed by atoms with E-state index in [1.807, 2.05) is 6.92 Å². The van der Waals surface area contributed by atoms with E-state index in [9.17, 15) is 23.1 Å². The van der Waals surface area contributed by atoms with Gasteiger partial charge >= 0.3 is 0 Å². The molecule has 168 valence electrons. The maximum Gasteiger partial charge on any atom is 0.278 e. The third-order valence-electron chi connectivity index (χ3n) is 4.41. The number of aryl methyl sites for hydroxylation is 2. The largest absolute Gasteiger partial charge is 0.505 e. The van der Waals surface area contributed by atoms with Crippen molar-refractivity contribution in [3.05, 3.63) is 74.9 Å². The molecule has 0 spiro atoms. The molecule has 32 heavy (non-hydrogen) atoms. The third-order valence-corrected chi connectivity index (χ3v) is 7.05. The maximum absolute atomic E-state index is 12.5. The van der Waals surface area contributed by atoms with Crippen LogP contribution in [0.15, 0.2) is 62.6 Å². The number of aliphatic hydroxyl groups excluding tert-OH is 1. The quantitative estimate of drug-likeness (QED) is 0.510. The summed E-state index contributed by atoms with van der Waals surface area (Å²) in [7, 11) is -2.67. The van der Waals surface area contributed by atoms with Crippen LogP contribution >= 0.6 is 11.3 Å². The van der Waals surface area contributed by atoms with Gasteiger partial charge in [0.15, 0.2) is 16.6 Å². The zero-order valence-corrected chi connectivity index (χ0v) is 18.8. The minimum absolute atomic E-state index is 0.0401. The van der Waals surface area contributed by atoms with Crippen molar-refractivity contribution in [3.8, 4) is 5.75 Å². The number of anilines is 1. The van der Waals surface area contributed by atoms with Gasteiger partial charge in [-0.2, -0.15) is 0 Å². The second-order valence-corrected chi connectivity index (χ2v) is 9.76. The highest BCUT2D eigenvalue weighted by atomic mass is 32.2. The van der Waals surface area contributed by atoms with Crippen LogP contribution in [0.25, 0.3) is 5.76 Å². The Hall–Kier alpha value is -3.64. The van der Waals surface area contributed by atoms with E-state index in [1.165, 1.54) is 49.8 Å². The summed E-state index contributed by atoms with van der Waals surface area (Å²) >= 11 is 1.25. The number of fused-ring (bicyclic) bond motifs is 1. The van der Waals surface area contributed by atoms with Gasteiger partial charge in [0.1, 0.15) is 5.76 Å². The number of sulfonamides is 1. The van der Waals surface area contributed by atoms with E-state index in [0.29, 0.717) is 5.13 Å². The first-order valence-electron chi connectivity index (χ1n) is 9.06. The number of carbonyl (C=O) groups is 1. The number of carbonyl (C=O) groups excluding carboxylic acids is 1. The van der Waals surface area contributed by atoms with Crippen molar-refractivity contribution in [2.45, 2.75) is 18.7 Å². The summed E-state index contributed by atoms with van der Waals surface area (Å²) in [4.78, 5) is 27.8. The molecule has 3 heterocycles. The topological polar surface area (TPSA) is 150 Å². The smallest absolute Gasteiger partial charge is 0.278 e. The normalized spacial score (nSPS) is 14.3. The number of aliphatic hydroxyl groups is 1. The Kier molecular flexibility index (Phi) is 6.37. The van der Waals surface area contributed by atoms with E-state index in [0.717, 1.165) is 9.18 Å². The number of aromatic nitrogens is 1. The molecule has 12 heteroatoms. The number of hydrogen-bond acceptors (Lipinski definition) is 9. The second-order valence-electron chi connectivity index (χ2n) is 6.59. The summed E-state index contributed by atoms with van der Waals surface area (Å²) in [6, 6.07) is 7.16. The monoisotopic (exact) mass is 477 g/mol. The lowest BCUT2D eigenvalue weighted by atomic mass is 10.1. The second kappa shape index (κ2) is 8.85. The Morgan fingerprint density at radius 3 is 2.47 bits per heavy atom. The summed E-state index contributed by atoms with van der Waals surface area (Å²) < 4.78 is 30.5. The molecule has 0 aliphatic carbocycles. The van der Waals surface area contributed by atoms with Gasteiger partial charge in [-0.25, -0.2) is 13.4 Å². The van der Waals surface area contributed by atoms with Gasteiger partial charge in [-0.3, -0.25) is 19.2 Å². The van der Waals surface area contributed by atoms with Crippen molar-refractivity contribution in [3.63, 3.8) is 0 Å². The number of benzene rings is 1. The van der Waals surface area contributed by atoms with Gasteiger partial charge in [0.2, 0.25) is 11.2 Å². The zero-order chi connectivity index (χ0) is 23.6. The highest BCUT2D eigenvalue weighted by Gasteiger charge is 2.37. The number of thiazole rings is 1. The average molecular weight is 478 g/mol. The van der Waals surface area contributed by atoms with Crippen LogP contribution in [0, 0.1) is 13.8 Å². The third kappa shape index (κ3) is 4.36. The fraction of sp³-hybridized carbons (Fsp3) is 0.150. The van der Waals surface area contributed by atoms with Crippen molar-refractivity contribution in [2.24, 2.45) is 0 Å². The first kappa shape index (κ1) is 23.0. The van der Waals surface area contributed by atoms with Crippen LogP contribution in [-0.2, 0) is 14.8 Å². The lowest BCUT2D eigenvalue weighted by Crippen LogP contribution is -2.37. The van der Waals surface area contributed by atoms with E-state index >= 15 is 0 Å². The molecule has 1 amide bonds. The van der Waals surface area contributed by atoms with E-state index in [4.69, 9.17) is 5.11 Å². The molecule has 1 aliphatic heterocycles. The van der Waals surface area contributed by atoms with Crippen molar-refractivity contribution in [2.75, 3.05) is 12.4 Å². The first-order chi connectivity index (χ1) is 15.0. The molecule has 0 bridgehead atoms. The molecule has 0 saturated carbocycles. The van der Waals surface area contributed by atoms with Gasteiger partial charge in [-0.1, -0.05) is 12.1 Å². The van der Waals surface area contributed by atoms with E-state index in [1.54, 1.807) is 18.3 Å². The molecule has 0 unspecified atom stereocenters. The lowest BCUT2D eigenvalue weighted by Gasteiger charge is -2.28. The van der Waals surface area contributed by atoms with Gasteiger partial charge in [-0.05, 0) is 26.0 Å². The van der Waals surface area contributed by atoms with Crippen LogP contribution in [0.2, 0.25) is 0 Å². The molecular weight excluding hydrogens is 458 g/mol. The average Bonchev–Trinajstić information content (AvgIpc) is 3.16. The molecule has 3 N–H and O–H groups in total. The Morgan fingerprint density at radius 1 is 1.19 bits per heavy atom. The van der Waals surface area contributed by atoms with Crippen molar-refractivity contribution in [1.82, 2.24) is 9.29 Å². The summed E-state index contributed by atoms with van der Waals surface area (Å²) in [5.74, 6) is -1.18. The zero-order valence-electron chi connectivity index (χ0n) is 17.2. The number of hydrogen-bond donors (Lipinski definition) is 3. The molecule has 10 nitrogen and oxygen atoms in total. The summed E-state index contributed by atoms with van der Waals surface area (Å²) in [5.41, 5.74) is -0.638. The summed E-state index contributed by atoms with van der Waals surface area (Å²) in [5, 5.41) is 22.0. The van der Waals surface area contributed by atoms with Crippen molar-refractivity contribution < 1.29 is 27.8 Å². The molecule has 0 radical (unpaired) electrons. The Bertz CT molecular complexity index is 1370. The molecule has 1 aromatic carbocycles. The molecule has 3 aromatic rings. The predicted octanol–water partition coefficient (Wildman–Crippen LogP) is 2.60. The molecule has 0 saturated heterocycles. The van der Waals surface area contributed by atoms with Crippen LogP contribution < -0.4 is 10.7 Å². The number of rotatable bonds is 2. The predicted molar refractivity (Wildman–Crippen MR) is 118 cm³/mol. The Balaban J connectivity index is 0.000000269. The van der Waals surface area contributed by atoms with Crippen LogP contribution in [0.3, 0.4) is 0 Å². The van der Waals surface area contributed by atoms with Gasteiger partial charge in [0.25, 0.3) is 15.9 Å². The first-order valence-corrected chi connectivity index (χ1v) is 11.3. The fourth-order valence-electron chi connectivity index (χ4n) is 2.76. The van der Waals surface area contributed by atoms with Gasteiger partial charge < -0.3 is 14.6 Å². The van der Waals surface area contributed by atoms with Crippen LogP contribution in [0.4, 0.5) is 5.13 Å². The van der Waals surface area contributed by atoms with Crippen molar-refractivity contribution in [1.29, 1.82) is 0 Å². The van der Waals surface area contributed by atoms with Gasteiger partial charge in [-0.15, -0.1) is 11.3 Å². The molecule has 2 aromatic heterocycles. The fourth-order valence-corrected chi connectivity index (χ4v) is 4.81. The minimum atomic E-state index is -3.90. The van der Waals surface area contributed by atoms with Crippen molar-refractivity contribution >= 4 is 38.2 Å². The highest BCUT2D eigenvalue weighted by molar-refractivity contribution is 7.89. The Morgan fingerprint density at radius 2 is 1.88 bits per heavy atom. The van der Waals surface area contributed by atoms with E-state index in [2.05, 4.69) is 14.7 Å². The van der Waals surface area contributed by atoms with Crippen LogP contribution in [-0.4, -0.2) is 40.9 Å². The number of likely N-dealkylation sites (N-methyl/N-ethyl adjacent to an activating group) is 1. The van der Waals surface area contributed by atoms with E-state index in [-0.39, 0.29) is 33.4 Å². The molecular formula is C20H19N3O7S2. The summed E-state index contributed by atoms with van der Waals surface area (Å²) in [6.45, 7) is 3.36. The molecule has 1 aliphatic rings. The number of aromatic hydroxyl groups is 1. The van der Waals surface area contributed by atoms with Crippen LogP contribution in [0.1, 0.15) is 16.2 Å². The molecule has 4 rings (SSSR count). The standard InChI is InChI=1S/C14H13N3O4S2.C6H6O3/c1-8-7-15-14(22-8)16-13(19)11-12(18)9-5-3-4-6-10(9)23(20,21)17(11)2;1-4-6(8)5(7)2-3-9-4/h3-7,18H,1-2H3,(H,15,16,19);2-3,8H,1H3. The lowest BCUT2D eigenvalue weighted by molar-refractivity contribution is -0.113. The summed E-state index contributed by atoms with van der Waals surface area (Å²) in [6.07, 6.45) is 2.84. The van der Waals surface area contributed by atoms with Gasteiger partial charge in [0.05, 0.1) is 11.2 Å². The van der Waals surface area contributed by atoms with Gasteiger partial charge in [0, 0.05) is 29.8 Å². The number of nitrogens with zero attached hydrogens (tertiary/aromatic N) is 2. The number of amides is 1. The maximum atomic E-state index is 12.5. The van der Waals surface area contributed by atoms with Crippen LogP contribution in [0.5, 0.6) is 5.75 Å². The molecule has 0 fully saturated rings. The van der Waals surface area contributed by atoms with E-state index < -0.39 is 21.4 Å². The number of nitrogens with one attached hydrogen (secondary N) is 1. The highest BCUT2D eigenvalue weighted by Crippen LogP contribution is 2.34. The Labute approximate surface area is 187 Å².